The molecule has 1 unspecified atom stereocenters. The van der Waals surface area contributed by atoms with Gasteiger partial charge in [0.2, 0.25) is 0 Å². The van der Waals surface area contributed by atoms with E-state index in [0.29, 0.717) is 30.5 Å². The van der Waals surface area contributed by atoms with E-state index in [4.69, 9.17) is 31.5 Å². The van der Waals surface area contributed by atoms with E-state index in [0.717, 1.165) is 5.56 Å². The van der Waals surface area contributed by atoms with Gasteiger partial charge in [-0.15, -0.1) is 0 Å². The lowest BCUT2D eigenvalue weighted by atomic mass is 10.2. The van der Waals surface area contributed by atoms with E-state index in [1.165, 1.54) is 0 Å². The topological polar surface area (TPSA) is 73.9 Å². The molecule has 3 N–H and O–H groups in total. The van der Waals surface area contributed by atoms with Crippen LogP contribution in [0.4, 0.5) is 0 Å². The number of aliphatic hydroxyl groups excluding tert-OH is 1. The first kappa shape index (κ1) is 16.2. The zero-order chi connectivity index (χ0) is 14.1. The highest BCUT2D eigenvalue weighted by atomic mass is 35.5. The molecule has 0 bridgehead atoms. The van der Waals surface area contributed by atoms with Gasteiger partial charge in [0.25, 0.3) is 0 Å². The van der Waals surface area contributed by atoms with Crippen molar-refractivity contribution in [3.63, 3.8) is 0 Å². The molecule has 5 nitrogen and oxygen atoms in total. The van der Waals surface area contributed by atoms with Crippen LogP contribution in [0.3, 0.4) is 0 Å². The van der Waals surface area contributed by atoms with Crippen LogP contribution in [0.25, 0.3) is 0 Å². The minimum absolute atomic E-state index is 0.120. The number of methoxy groups -OCH3 is 1. The van der Waals surface area contributed by atoms with Crippen molar-refractivity contribution in [3.05, 3.63) is 28.8 Å². The molecule has 1 atom stereocenters. The molecule has 6 heteroatoms. The van der Waals surface area contributed by atoms with Crippen molar-refractivity contribution >= 4 is 11.6 Å². The van der Waals surface area contributed by atoms with Crippen LogP contribution in [0.1, 0.15) is 5.56 Å². The standard InChI is InChI=1S/C13H20ClNO4/c1-17-4-5-18-8-11(16)9-19-13-3-2-10(7-15)6-12(13)14/h2-3,6,11,16H,4-5,7-9,15H2,1H3. The summed E-state index contributed by atoms with van der Waals surface area (Å²) in [5, 5.41) is 10.1. The molecule has 108 valence electrons. The largest absolute Gasteiger partial charge is 0.489 e. The maximum atomic E-state index is 9.65. The van der Waals surface area contributed by atoms with Gasteiger partial charge in [0, 0.05) is 13.7 Å². The highest BCUT2D eigenvalue weighted by Crippen LogP contribution is 2.25. The fraction of sp³-hybridized carbons (Fsp3) is 0.538. The molecule has 0 amide bonds. The van der Waals surface area contributed by atoms with Gasteiger partial charge in [0.1, 0.15) is 18.5 Å². The molecule has 1 aromatic rings. The molecule has 0 aliphatic carbocycles. The third-order valence-electron chi connectivity index (χ3n) is 2.41. The normalized spacial score (nSPS) is 12.4. The van der Waals surface area contributed by atoms with Crippen molar-refractivity contribution in [1.29, 1.82) is 0 Å². The Hall–Kier alpha value is -0.850. The number of halogens is 1. The molecule has 19 heavy (non-hydrogen) atoms. The Morgan fingerprint density at radius 1 is 1.32 bits per heavy atom. The molecule has 1 aromatic carbocycles. The number of hydrogen-bond donors (Lipinski definition) is 2. The van der Waals surface area contributed by atoms with Gasteiger partial charge in [-0.05, 0) is 17.7 Å². The van der Waals surface area contributed by atoms with E-state index in [1.807, 2.05) is 6.07 Å². The molecule has 0 heterocycles. The molecular formula is C13H20ClNO4. The molecule has 0 aromatic heterocycles. The van der Waals surface area contributed by atoms with Crippen LogP contribution in [0.15, 0.2) is 18.2 Å². The van der Waals surface area contributed by atoms with Crippen molar-refractivity contribution in [3.8, 4) is 5.75 Å². The van der Waals surface area contributed by atoms with Crippen LogP contribution in [-0.4, -0.2) is 44.7 Å². The summed E-state index contributed by atoms with van der Waals surface area (Å²) < 4.78 is 15.4. The Bertz CT molecular complexity index is 376. The van der Waals surface area contributed by atoms with Gasteiger partial charge in [0.05, 0.1) is 24.8 Å². The van der Waals surface area contributed by atoms with E-state index in [1.54, 1.807) is 19.2 Å². The van der Waals surface area contributed by atoms with Gasteiger partial charge >= 0.3 is 0 Å². The summed E-state index contributed by atoms with van der Waals surface area (Å²) in [5.41, 5.74) is 6.44. The average molecular weight is 290 g/mol. The Balaban J connectivity index is 2.31. The molecule has 0 aliphatic rings. The van der Waals surface area contributed by atoms with Crippen molar-refractivity contribution in [1.82, 2.24) is 0 Å². The van der Waals surface area contributed by atoms with Crippen LogP contribution in [0.2, 0.25) is 5.02 Å². The minimum atomic E-state index is -0.706. The lowest BCUT2D eigenvalue weighted by Gasteiger charge is -2.14. The summed E-state index contributed by atoms with van der Waals surface area (Å²) >= 11 is 6.03. The van der Waals surface area contributed by atoms with Gasteiger partial charge in [-0.25, -0.2) is 0 Å². The average Bonchev–Trinajstić information content (AvgIpc) is 2.42. The first-order valence-corrected chi connectivity index (χ1v) is 6.41. The summed E-state index contributed by atoms with van der Waals surface area (Å²) in [6, 6.07) is 5.32. The van der Waals surface area contributed by atoms with Crippen LogP contribution >= 0.6 is 11.6 Å². The Labute approximate surface area is 118 Å². The van der Waals surface area contributed by atoms with Crippen LogP contribution in [0.5, 0.6) is 5.75 Å². The van der Waals surface area contributed by atoms with Crippen LogP contribution < -0.4 is 10.5 Å². The molecule has 0 aliphatic heterocycles. The predicted molar refractivity (Wildman–Crippen MR) is 73.5 cm³/mol. The van der Waals surface area contributed by atoms with Gasteiger partial charge in [-0.3, -0.25) is 0 Å². The lowest BCUT2D eigenvalue weighted by molar-refractivity contribution is -0.00417. The summed E-state index contributed by atoms with van der Waals surface area (Å²) in [6.45, 7) is 1.69. The van der Waals surface area contributed by atoms with Gasteiger partial charge < -0.3 is 25.1 Å². The zero-order valence-electron chi connectivity index (χ0n) is 11.0. The molecule has 0 spiro atoms. The number of benzene rings is 1. The van der Waals surface area contributed by atoms with Crippen molar-refractivity contribution < 1.29 is 19.3 Å². The maximum Gasteiger partial charge on any atom is 0.138 e. The minimum Gasteiger partial charge on any atom is -0.489 e. The lowest BCUT2D eigenvalue weighted by Crippen LogP contribution is -2.24. The Morgan fingerprint density at radius 2 is 2.11 bits per heavy atom. The summed E-state index contributed by atoms with van der Waals surface area (Å²) in [7, 11) is 1.59. The molecule has 0 saturated carbocycles. The third kappa shape index (κ3) is 6.22. The predicted octanol–water partition coefficient (Wildman–Crippen LogP) is 1.20. The Kier molecular flexibility index (Phi) is 7.78. The fourth-order valence-electron chi connectivity index (χ4n) is 1.38. The summed E-state index contributed by atoms with van der Waals surface area (Å²) in [6.07, 6.45) is -0.706. The van der Waals surface area contributed by atoms with E-state index in [-0.39, 0.29) is 13.2 Å². The molecule has 1 rings (SSSR count). The van der Waals surface area contributed by atoms with Crippen LogP contribution in [0, 0.1) is 0 Å². The second-order valence-electron chi connectivity index (χ2n) is 4.00. The van der Waals surface area contributed by atoms with Crippen LogP contribution in [-0.2, 0) is 16.0 Å². The first-order valence-electron chi connectivity index (χ1n) is 6.03. The smallest absolute Gasteiger partial charge is 0.138 e. The number of nitrogens with two attached hydrogens (primary N) is 1. The van der Waals surface area contributed by atoms with E-state index in [9.17, 15) is 5.11 Å². The van der Waals surface area contributed by atoms with E-state index < -0.39 is 6.10 Å². The van der Waals surface area contributed by atoms with Gasteiger partial charge in [-0.1, -0.05) is 17.7 Å². The van der Waals surface area contributed by atoms with Crippen molar-refractivity contribution in [2.24, 2.45) is 5.73 Å². The molecular weight excluding hydrogens is 270 g/mol. The third-order valence-corrected chi connectivity index (χ3v) is 2.70. The van der Waals surface area contributed by atoms with E-state index in [2.05, 4.69) is 0 Å². The second-order valence-corrected chi connectivity index (χ2v) is 4.41. The second kappa shape index (κ2) is 9.12. The fourth-order valence-corrected chi connectivity index (χ4v) is 1.64. The number of ether oxygens (including phenoxy) is 3. The highest BCUT2D eigenvalue weighted by molar-refractivity contribution is 6.32. The number of hydrogen-bond acceptors (Lipinski definition) is 5. The SMILES string of the molecule is COCCOCC(O)COc1ccc(CN)cc1Cl. The monoisotopic (exact) mass is 289 g/mol. The Morgan fingerprint density at radius 3 is 2.74 bits per heavy atom. The van der Waals surface area contributed by atoms with Gasteiger partial charge in [0.15, 0.2) is 0 Å². The highest BCUT2D eigenvalue weighted by Gasteiger charge is 2.08. The molecule has 0 saturated heterocycles. The van der Waals surface area contributed by atoms with Crippen molar-refractivity contribution in [2.45, 2.75) is 12.6 Å². The van der Waals surface area contributed by atoms with Crippen molar-refractivity contribution in [2.75, 3.05) is 33.5 Å². The van der Waals surface area contributed by atoms with Gasteiger partial charge in [-0.2, -0.15) is 0 Å². The molecule has 0 radical (unpaired) electrons. The quantitative estimate of drug-likeness (QED) is 0.668. The maximum absolute atomic E-state index is 9.65. The zero-order valence-corrected chi connectivity index (χ0v) is 11.7. The number of aliphatic hydroxyl groups is 1. The summed E-state index contributed by atoms with van der Waals surface area (Å²) in [5.74, 6) is 0.523. The van der Waals surface area contributed by atoms with E-state index >= 15 is 0 Å². The summed E-state index contributed by atoms with van der Waals surface area (Å²) in [4.78, 5) is 0. The first-order chi connectivity index (χ1) is 9.17. The molecule has 0 fully saturated rings. The number of rotatable bonds is 9.